The number of rotatable bonds is 5. The number of hydrogen-bond acceptors (Lipinski definition) is 3. The third kappa shape index (κ3) is 4.69. The van der Waals surface area contributed by atoms with Crippen molar-refractivity contribution >= 4 is 51.6 Å². The fraction of sp³-hybridized carbons (Fsp3) is 0.263. The van der Waals surface area contributed by atoms with Gasteiger partial charge in [0, 0.05) is 5.39 Å². The van der Waals surface area contributed by atoms with E-state index >= 15 is 0 Å². The molecule has 2 aromatic carbocycles. The summed E-state index contributed by atoms with van der Waals surface area (Å²) in [4.78, 5) is 11.8. The van der Waals surface area contributed by atoms with Crippen LogP contribution in [-0.2, 0) is 4.79 Å². The number of halogens is 4. The summed E-state index contributed by atoms with van der Waals surface area (Å²) in [5.74, 6) is -0.411. The molecule has 1 N–H and O–H groups in total. The van der Waals surface area contributed by atoms with Gasteiger partial charge in [-0.1, -0.05) is 34.8 Å². The lowest BCUT2D eigenvalue weighted by atomic mass is 10.2. The topological polar surface area (TPSA) is 56.1 Å². The largest absolute Gasteiger partial charge is 0.489 e. The van der Waals surface area contributed by atoms with Crippen LogP contribution in [0.2, 0.25) is 0 Å². The molecule has 9 heteroatoms. The Bertz CT molecular complexity index is 986. The Kier molecular flexibility index (Phi) is 6.03. The Hall–Kier alpha value is -2.02. The first-order chi connectivity index (χ1) is 13.1. The normalized spacial score (nSPS) is 13.9. The molecule has 1 heterocycles. The first-order valence-electron chi connectivity index (χ1n) is 8.43. The zero-order valence-corrected chi connectivity index (χ0v) is 17.3. The molecular weight excluding hydrogens is 428 g/mol. The standard InChI is InChI=1S/C19H17Cl3FN3O2/c1-11(25-18(27)19(20,21)22)12(2)28-16-7-8-17-13(9-16)10-24-26(17)15-5-3-14(23)4-6-15/h3-12H,1-2H3,(H,25,27)/t11-,12+/m0/s1. The molecule has 1 amide bonds. The van der Waals surface area contributed by atoms with Gasteiger partial charge in [-0.15, -0.1) is 0 Å². The smallest absolute Gasteiger partial charge is 0.272 e. The summed E-state index contributed by atoms with van der Waals surface area (Å²) < 4.78 is 18.7. The molecule has 0 radical (unpaired) electrons. The number of nitrogens with one attached hydrogen (secondary N) is 1. The molecule has 0 aliphatic rings. The van der Waals surface area contributed by atoms with Crippen LogP contribution < -0.4 is 10.1 Å². The molecule has 0 spiro atoms. The van der Waals surface area contributed by atoms with Crippen molar-refractivity contribution in [3.8, 4) is 11.4 Å². The zero-order chi connectivity index (χ0) is 20.5. The van der Waals surface area contributed by atoms with Crippen LogP contribution in [-0.4, -0.2) is 31.6 Å². The van der Waals surface area contributed by atoms with Crippen LogP contribution in [0.3, 0.4) is 0 Å². The number of amides is 1. The fourth-order valence-corrected chi connectivity index (χ4v) is 2.76. The predicted octanol–water partition coefficient (Wildman–Crippen LogP) is 4.81. The van der Waals surface area contributed by atoms with Gasteiger partial charge in [0.15, 0.2) is 0 Å². The van der Waals surface area contributed by atoms with E-state index in [2.05, 4.69) is 10.4 Å². The van der Waals surface area contributed by atoms with Crippen molar-refractivity contribution in [2.75, 3.05) is 0 Å². The van der Waals surface area contributed by atoms with Crippen LogP contribution in [0.1, 0.15) is 13.8 Å². The minimum Gasteiger partial charge on any atom is -0.489 e. The fourth-order valence-electron chi connectivity index (χ4n) is 2.60. The summed E-state index contributed by atoms with van der Waals surface area (Å²) in [6, 6.07) is 11.2. The van der Waals surface area contributed by atoms with Gasteiger partial charge in [-0.05, 0) is 56.3 Å². The number of carbonyl (C=O) groups excluding carboxylic acids is 1. The number of carbonyl (C=O) groups is 1. The average Bonchev–Trinajstić information content (AvgIpc) is 3.04. The van der Waals surface area contributed by atoms with Crippen LogP contribution in [0.5, 0.6) is 5.75 Å². The Morgan fingerprint density at radius 1 is 1.18 bits per heavy atom. The SMILES string of the molecule is C[C@H](NC(=O)C(Cl)(Cl)Cl)[C@@H](C)Oc1ccc2c(cnn2-c2ccc(F)cc2)c1. The van der Waals surface area contributed by atoms with Gasteiger partial charge in [0.2, 0.25) is 0 Å². The maximum Gasteiger partial charge on any atom is 0.272 e. The number of benzene rings is 2. The van der Waals surface area contributed by atoms with Crippen LogP contribution in [0, 0.1) is 5.82 Å². The molecule has 2 atom stereocenters. The van der Waals surface area contributed by atoms with Gasteiger partial charge in [-0.3, -0.25) is 4.79 Å². The second-order valence-corrected chi connectivity index (χ2v) is 8.62. The minimum absolute atomic E-state index is 0.305. The molecule has 148 valence electrons. The third-order valence-corrected chi connectivity index (χ3v) is 4.77. The number of aromatic nitrogens is 2. The summed E-state index contributed by atoms with van der Waals surface area (Å²) in [5, 5.41) is 7.81. The predicted molar refractivity (Wildman–Crippen MR) is 109 cm³/mol. The lowest BCUT2D eigenvalue weighted by molar-refractivity contribution is -0.121. The van der Waals surface area contributed by atoms with E-state index in [1.807, 2.05) is 12.1 Å². The maximum atomic E-state index is 13.1. The van der Waals surface area contributed by atoms with Crippen molar-refractivity contribution in [2.45, 2.75) is 29.8 Å². The molecule has 0 unspecified atom stereocenters. The number of hydrogen-bond donors (Lipinski definition) is 1. The van der Waals surface area contributed by atoms with E-state index in [0.717, 1.165) is 16.6 Å². The van der Waals surface area contributed by atoms with E-state index in [1.165, 1.54) is 12.1 Å². The van der Waals surface area contributed by atoms with Crippen LogP contribution in [0.25, 0.3) is 16.6 Å². The maximum absolute atomic E-state index is 13.1. The quantitative estimate of drug-likeness (QED) is 0.575. The van der Waals surface area contributed by atoms with Crippen molar-refractivity contribution in [1.29, 1.82) is 0 Å². The zero-order valence-electron chi connectivity index (χ0n) is 15.0. The molecule has 0 bridgehead atoms. The molecule has 1 aromatic heterocycles. The molecule has 0 aliphatic heterocycles. The van der Waals surface area contributed by atoms with Gasteiger partial charge in [0.05, 0.1) is 23.4 Å². The highest BCUT2D eigenvalue weighted by Gasteiger charge is 2.32. The summed E-state index contributed by atoms with van der Waals surface area (Å²) in [5.41, 5.74) is 1.60. The van der Waals surface area contributed by atoms with Crippen LogP contribution >= 0.6 is 34.8 Å². The number of alkyl halides is 3. The number of fused-ring (bicyclic) bond motifs is 1. The highest BCUT2D eigenvalue weighted by atomic mass is 35.6. The van der Waals surface area contributed by atoms with E-state index < -0.39 is 9.70 Å². The molecule has 28 heavy (non-hydrogen) atoms. The van der Waals surface area contributed by atoms with Crippen molar-refractivity contribution in [2.24, 2.45) is 0 Å². The molecule has 0 saturated carbocycles. The summed E-state index contributed by atoms with van der Waals surface area (Å²) in [6.45, 7) is 3.56. The van der Waals surface area contributed by atoms with Crippen LogP contribution in [0.4, 0.5) is 4.39 Å². The Balaban J connectivity index is 1.74. The Labute approximate surface area is 176 Å². The first kappa shape index (κ1) is 20.7. The van der Waals surface area contributed by atoms with E-state index in [0.29, 0.717) is 5.75 Å². The number of nitrogens with zero attached hydrogens (tertiary/aromatic N) is 2. The highest BCUT2D eigenvalue weighted by Crippen LogP contribution is 2.27. The van der Waals surface area contributed by atoms with E-state index in [4.69, 9.17) is 39.5 Å². The highest BCUT2D eigenvalue weighted by molar-refractivity contribution is 6.76. The minimum atomic E-state index is -2.03. The third-order valence-electron chi connectivity index (χ3n) is 4.25. The molecule has 0 fully saturated rings. The molecule has 3 rings (SSSR count). The lowest BCUT2D eigenvalue weighted by Gasteiger charge is -2.24. The van der Waals surface area contributed by atoms with Crippen molar-refractivity contribution < 1.29 is 13.9 Å². The van der Waals surface area contributed by atoms with Crippen molar-refractivity contribution in [3.63, 3.8) is 0 Å². The van der Waals surface area contributed by atoms with Gasteiger partial charge in [0.25, 0.3) is 9.70 Å². The van der Waals surface area contributed by atoms with Gasteiger partial charge in [-0.2, -0.15) is 5.10 Å². The molecule has 5 nitrogen and oxygen atoms in total. The van der Waals surface area contributed by atoms with Gasteiger partial charge in [0.1, 0.15) is 17.7 Å². The Morgan fingerprint density at radius 3 is 2.50 bits per heavy atom. The molecule has 0 aliphatic carbocycles. The van der Waals surface area contributed by atoms with Gasteiger partial charge < -0.3 is 10.1 Å². The van der Waals surface area contributed by atoms with Gasteiger partial charge in [-0.25, -0.2) is 9.07 Å². The van der Waals surface area contributed by atoms with Crippen LogP contribution in [0.15, 0.2) is 48.7 Å². The first-order valence-corrected chi connectivity index (χ1v) is 9.56. The number of ether oxygens (including phenoxy) is 1. The average molecular weight is 445 g/mol. The van der Waals surface area contributed by atoms with E-state index in [-0.39, 0.29) is 18.0 Å². The van der Waals surface area contributed by atoms with Gasteiger partial charge >= 0.3 is 0 Å². The Morgan fingerprint density at radius 2 is 1.86 bits per heavy atom. The molecule has 3 aromatic rings. The van der Waals surface area contributed by atoms with E-state index in [9.17, 15) is 9.18 Å². The lowest BCUT2D eigenvalue weighted by Crippen LogP contribution is -2.46. The van der Waals surface area contributed by atoms with E-state index in [1.54, 1.807) is 42.9 Å². The second-order valence-electron chi connectivity index (χ2n) is 6.34. The van der Waals surface area contributed by atoms with Crippen molar-refractivity contribution in [1.82, 2.24) is 15.1 Å². The summed E-state index contributed by atoms with van der Waals surface area (Å²) in [7, 11) is 0. The molecule has 0 saturated heterocycles. The second kappa shape index (κ2) is 8.15. The van der Waals surface area contributed by atoms with Crippen molar-refractivity contribution in [3.05, 3.63) is 54.5 Å². The summed E-state index contributed by atoms with van der Waals surface area (Å²) >= 11 is 16.7. The summed E-state index contributed by atoms with van der Waals surface area (Å²) in [6.07, 6.45) is 1.32. The molecular formula is C19H17Cl3FN3O2. The monoisotopic (exact) mass is 443 g/mol.